The molecule has 4 nitrogen and oxygen atoms in total. The molecule has 0 fully saturated rings. The molecule has 0 bridgehead atoms. The number of aryl methyl sites for hydroxylation is 2. The van der Waals surface area contributed by atoms with Crippen molar-refractivity contribution in [2.75, 3.05) is 14.2 Å². The highest BCUT2D eigenvalue weighted by molar-refractivity contribution is 5.45. The fourth-order valence-electron chi connectivity index (χ4n) is 2.24. The molecule has 106 valence electrons. The van der Waals surface area contributed by atoms with Crippen LogP contribution < -0.4 is 9.47 Å². The third kappa shape index (κ3) is 2.91. The summed E-state index contributed by atoms with van der Waals surface area (Å²) in [5.74, 6) is 1.25. The Morgan fingerprint density at radius 1 is 0.900 bits per heavy atom. The first kappa shape index (κ1) is 14.3. The van der Waals surface area contributed by atoms with E-state index in [1.165, 1.54) is 0 Å². The Bertz CT molecular complexity index is 590. The molecule has 1 aromatic carbocycles. The van der Waals surface area contributed by atoms with Crippen molar-refractivity contribution in [3.63, 3.8) is 0 Å². The van der Waals surface area contributed by atoms with Crippen LogP contribution in [0.25, 0.3) is 0 Å². The maximum atomic E-state index is 10.5. The van der Waals surface area contributed by atoms with Crippen molar-refractivity contribution in [3.05, 3.63) is 52.8 Å². The van der Waals surface area contributed by atoms with Gasteiger partial charge in [0.15, 0.2) is 11.5 Å². The molecule has 2 rings (SSSR count). The number of hydrogen-bond donors (Lipinski definition) is 1. The van der Waals surface area contributed by atoms with Gasteiger partial charge in [-0.05, 0) is 49.2 Å². The molecular weight excluding hydrogens is 254 g/mol. The van der Waals surface area contributed by atoms with Crippen LogP contribution >= 0.6 is 0 Å². The van der Waals surface area contributed by atoms with Crippen LogP contribution in [-0.2, 0) is 0 Å². The quantitative estimate of drug-likeness (QED) is 0.930. The Morgan fingerprint density at radius 3 is 2.05 bits per heavy atom. The van der Waals surface area contributed by atoms with Gasteiger partial charge in [0.25, 0.3) is 0 Å². The minimum absolute atomic E-state index is 0.603. The number of nitrogens with zero attached hydrogens (tertiary/aromatic N) is 1. The number of aromatic nitrogens is 1. The molecule has 0 saturated heterocycles. The van der Waals surface area contributed by atoms with Gasteiger partial charge in [-0.15, -0.1) is 0 Å². The first-order valence-corrected chi connectivity index (χ1v) is 6.40. The summed E-state index contributed by atoms with van der Waals surface area (Å²) in [6.45, 7) is 3.83. The van der Waals surface area contributed by atoms with Crippen molar-refractivity contribution in [1.29, 1.82) is 0 Å². The number of rotatable bonds is 4. The standard InChI is InChI=1S/C16H19NO3/c1-10-7-13(8-11(2)17-10)16(18)12-5-6-14(19-3)15(9-12)20-4/h5-9,16,18H,1-4H3. The van der Waals surface area contributed by atoms with Crippen LogP contribution in [0.4, 0.5) is 0 Å². The van der Waals surface area contributed by atoms with Crippen molar-refractivity contribution < 1.29 is 14.6 Å². The van der Waals surface area contributed by atoms with E-state index >= 15 is 0 Å². The van der Waals surface area contributed by atoms with Crippen molar-refractivity contribution in [1.82, 2.24) is 4.98 Å². The van der Waals surface area contributed by atoms with E-state index in [1.54, 1.807) is 26.4 Å². The van der Waals surface area contributed by atoms with E-state index in [0.717, 1.165) is 22.5 Å². The van der Waals surface area contributed by atoms with Crippen molar-refractivity contribution in [3.8, 4) is 11.5 Å². The highest BCUT2D eigenvalue weighted by Gasteiger charge is 2.14. The van der Waals surface area contributed by atoms with E-state index in [0.29, 0.717) is 11.5 Å². The SMILES string of the molecule is COc1ccc(C(O)c2cc(C)nc(C)c2)cc1OC. The Morgan fingerprint density at radius 2 is 1.50 bits per heavy atom. The van der Waals surface area contributed by atoms with Gasteiger partial charge in [-0.3, -0.25) is 4.98 Å². The number of benzene rings is 1. The lowest BCUT2D eigenvalue weighted by Crippen LogP contribution is -2.03. The van der Waals surface area contributed by atoms with E-state index in [9.17, 15) is 5.11 Å². The van der Waals surface area contributed by atoms with Crippen LogP contribution in [0.5, 0.6) is 11.5 Å². The molecule has 0 saturated carbocycles. The van der Waals surface area contributed by atoms with Gasteiger partial charge in [-0.2, -0.15) is 0 Å². The number of aliphatic hydroxyl groups is 1. The van der Waals surface area contributed by atoms with E-state index in [4.69, 9.17) is 9.47 Å². The minimum Gasteiger partial charge on any atom is -0.493 e. The topological polar surface area (TPSA) is 51.6 Å². The molecule has 1 atom stereocenters. The Balaban J connectivity index is 2.39. The van der Waals surface area contributed by atoms with Gasteiger partial charge in [0, 0.05) is 11.4 Å². The number of pyridine rings is 1. The zero-order chi connectivity index (χ0) is 14.7. The summed E-state index contributed by atoms with van der Waals surface area (Å²) >= 11 is 0. The normalized spacial score (nSPS) is 12.1. The number of hydrogen-bond acceptors (Lipinski definition) is 4. The zero-order valence-corrected chi connectivity index (χ0v) is 12.2. The number of aliphatic hydroxyl groups excluding tert-OH is 1. The summed E-state index contributed by atoms with van der Waals surface area (Å²) in [5, 5.41) is 10.5. The second kappa shape index (κ2) is 5.92. The molecule has 1 unspecified atom stereocenters. The third-order valence-corrected chi connectivity index (χ3v) is 3.14. The van der Waals surface area contributed by atoms with E-state index in [-0.39, 0.29) is 0 Å². The molecule has 0 aliphatic carbocycles. The monoisotopic (exact) mass is 273 g/mol. The van der Waals surface area contributed by atoms with Gasteiger partial charge in [-0.1, -0.05) is 6.07 Å². The van der Waals surface area contributed by atoms with Crippen LogP contribution in [0.15, 0.2) is 30.3 Å². The van der Waals surface area contributed by atoms with Gasteiger partial charge in [-0.25, -0.2) is 0 Å². The molecular formula is C16H19NO3. The van der Waals surface area contributed by atoms with Crippen LogP contribution in [0.2, 0.25) is 0 Å². The summed E-state index contributed by atoms with van der Waals surface area (Å²) < 4.78 is 10.5. The van der Waals surface area contributed by atoms with Crippen molar-refractivity contribution in [2.24, 2.45) is 0 Å². The summed E-state index contributed by atoms with van der Waals surface area (Å²) in [6.07, 6.45) is -0.713. The Labute approximate surface area is 119 Å². The number of methoxy groups -OCH3 is 2. The smallest absolute Gasteiger partial charge is 0.161 e. The van der Waals surface area contributed by atoms with E-state index < -0.39 is 6.10 Å². The molecule has 0 amide bonds. The average molecular weight is 273 g/mol. The first-order chi connectivity index (χ1) is 9.55. The second-order valence-electron chi connectivity index (χ2n) is 4.70. The zero-order valence-electron chi connectivity index (χ0n) is 12.2. The summed E-state index contributed by atoms with van der Waals surface area (Å²) in [7, 11) is 3.16. The first-order valence-electron chi connectivity index (χ1n) is 6.40. The molecule has 2 aromatic rings. The molecule has 1 N–H and O–H groups in total. The van der Waals surface area contributed by atoms with Gasteiger partial charge < -0.3 is 14.6 Å². The summed E-state index contributed by atoms with van der Waals surface area (Å²) in [5.41, 5.74) is 3.36. The van der Waals surface area contributed by atoms with Crippen molar-refractivity contribution in [2.45, 2.75) is 20.0 Å². The average Bonchev–Trinajstić information content (AvgIpc) is 2.44. The minimum atomic E-state index is -0.713. The van der Waals surface area contributed by atoms with E-state index in [1.807, 2.05) is 32.0 Å². The lowest BCUT2D eigenvalue weighted by Gasteiger charge is -2.15. The molecule has 0 spiro atoms. The van der Waals surface area contributed by atoms with Crippen LogP contribution in [0, 0.1) is 13.8 Å². The summed E-state index contributed by atoms with van der Waals surface area (Å²) in [6, 6.07) is 9.17. The molecule has 0 radical (unpaired) electrons. The van der Waals surface area contributed by atoms with Gasteiger partial charge >= 0.3 is 0 Å². The molecule has 4 heteroatoms. The Hall–Kier alpha value is -2.07. The van der Waals surface area contributed by atoms with Crippen molar-refractivity contribution >= 4 is 0 Å². The fraction of sp³-hybridized carbons (Fsp3) is 0.312. The lowest BCUT2D eigenvalue weighted by atomic mass is 10.0. The van der Waals surface area contributed by atoms with Crippen LogP contribution in [-0.4, -0.2) is 24.3 Å². The highest BCUT2D eigenvalue weighted by Crippen LogP contribution is 2.32. The van der Waals surface area contributed by atoms with Crippen LogP contribution in [0.3, 0.4) is 0 Å². The van der Waals surface area contributed by atoms with Gasteiger partial charge in [0.1, 0.15) is 6.10 Å². The predicted octanol–water partition coefficient (Wildman–Crippen LogP) is 2.80. The van der Waals surface area contributed by atoms with Gasteiger partial charge in [0.2, 0.25) is 0 Å². The molecule has 0 aliphatic heterocycles. The second-order valence-corrected chi connectivity index (χ2v) is 4.70. The molecule has 0 aliphatic rings. The molecule has 1 heterocycles. The maximum absolute atomic E-state index is 10.5. The highest BCUT2D eigenvalue weighted by atomic mass is 16.5. The fourth-order valence-corrected chi connectivity index (χ4v) is 2.24. The molecule has 20 heavy (non-hydrogen) atoms. The largest absolute Gasteiger partial charge is 0.493 e. The molecule has 1 aromatic heterocycles. The summed E-state index contributed by atoms with van der Waals surface area (Å²) in [4.78, 5) is 4.32. The Kier molecular flexibility index (Phi) is 4.25. The van der Waals surface area contributed by atoms with Crippen LogP contribution in [0.1, 0.15) is 28.6 Å². The predicted molar refractivity (Wildman–Crippen MR) is 77.3 cm³/mol. The number of ether oxygens (including phenoxy) is 2. The third-order valence-electron chi connectivity index (χ3n) is 3.14. The van der Waals surface area contributed by atoms with Gasteiger partial charge in [0.05, 0.1) is 14.2 Å². The maximum Gasteiger partial charge on any atom is 0.161 e. The lowest BCUT2D eigenvalue weighted by molar-refractivity contribution is 0.219. The van der Waals surface area contributed by atoms with E-state index in [2.05, 4.69) is 4.98 Å².